The van der Waals surface area contributed by atoms with E-state index in [4.69, 9.17) is 22.1 Å². The maximum absolute atomic E-state index is 13.5. The number of fused-ring (bicyclic) bond motifs is 1. The number of urea groups is 1. The number of imidazole rings is 1. The van der Waals surface area contributed by atoms with Gasteiger partial charge in [0.05, 0.1) is 35.3 Å². The number of carbonyl (C=O) groups excluding carboxylic acids is 1. The number of amides is 2. The summed E-state index contributed by atoms with van der Waals surface area (Å²) in [5, 5.41) is 3.02. The van der Waals surface area contributed by atoms with Gasteiger partial charge in [-0.05, 0) is 61.6 Å². The first kappa shape index (κ1) is 24.0. The minimum Gasteiger partial charge on any atom is -0.495 e. The van der Waals surface area contributed by atoms with E-state index >= 15 is 0 Å². The fraction of sp³-hybridized carbons (Fsp3) is 0.391. The third-order valence-electron chi connectivity index (χ3n) is 6.26. The Hall–Kier alpha value is -3.14. The molecule has 0 radical (unpaired) electrons. The lowest BCUT2D eigenvalue weighted by Gasteiger charge is -2.29. The largest absolute Gasteiger partial charge is 0.495 e. The molecule has 34 heavy (non-hydrogen) atoms. The number of alkyl halides is 3. The average Bonchev–Trinajstić information content (AvgIpc) is 3.04. The van der Waals surface area contributed by atoms with Gasteiger partial charge < -0.3 is 15.8 Å². The molecule has 0 bridgehead atoms. The highest BCUT2D eigenvalue weighted by Gasteiger charge is 2.32. The van der Waals surface area contributed by atoms with Crippen LogP contribution in [0.15, 0.2) is 41.2 Å². The monoisotopic (exact) mass is 496 g/mol. The number of nitrogens with one attached hydrogen (secondary N) is 1. The number of primary amides is 1. The van der Waals surface area contributed by atoms with Crippen LogP contribution in [-0.4, -0.2) is 28.3 Å². The highest BCUT2D eigenvalue weighted by Crippen LogP contribution is 2.35. The van der Waals surface area contributed by atoms with Crippen molar-refractivity contribution in [2.75, 3.05) is 7.11 Å². The van der Waals surface area contributed by atoms with Crippen molar-refractivity contribution < 1.29 is 22.7 Å². The number of hydrogen-bond acceptors (Lipinski definition) is 3. The van der Waals surface area contributed by atoms with Gasteiger partial charge in [0.2, 0.25) is 0 Å². The minimum atomic E-state index is -4.54. The Morgan fingerprint density at radius 2 is 1.85 bits per heavy atom. The average molecular weight is 497 g/mol. The summed E-state index contributed by atoms with van der Waals surface area (Å²) in [7, 11) is 1.48. The van der Waals surface area contributed by atoms with Crippen molar-refractivity contribution in [2.45, 2.75) is 50.5 Å². The number of nitrogens with two attached hydrogens (primary N) is 1. The van der Waals surface area contributed by atoms with E-state index in [1.54, 1.807) is 22.8 Å². The Morgan fingerprint density at radius 1 is 1.15 bits per heavy atom. The molecular weight excluding hydrogens is 473 g/mol. The molecule has 0 unspecified atom stereocenters. The summed E-state index contributed by atoms with van der Waals surface area (Å²) in [6.07, 6.45) is -2.15. The first-order valence-electron chi connectivity index (χ1n) is 10.8. The SMILES string of the molecule is COc1ccc(Cn2c(=O)n(C3CCC(NC(N)=O)CC3)c3ccc(C(F)(F)F)cc32)cc1Cl. The van der Waals surface area contributed by atoms with E-state index in [2.05, 4.69) is 5.32 Å². The molecule has 3 N–H and O–H groups in total. The number of benzene rings is 2. The van der Waals surface area contributed by atoms with Crippen LogP contribution in [-0.2, 0) is 12.7 Å². The van der Waals surface area contributed by atoms with E-state index in [-0.39, 0.29) is 24.1 Å². The fourth-order valence-corrected chi connectivity index (χ4v) is 4.91. The quantitative estimate of drug-likeness (QED) is 0.537. The summed E-state index contributed by atoms with van der Waals surface area (Å²) in [4.78, 5) is 24.7. The van der Waals surface area contributed by atoms with Gasteiger partial charge in [0.25, 0.3) is 0 Å². The highest BCUT2D eigenvalue weighted by atomic mass is 35.5. The van der Waals surface area contributed by atoms with Crippen molar-refractivity contribution in [2.24, 2.45) is 5.73 Å². The Labute approximate surface area is 198 Å². The first-order valence-corrected chi connectivity index (χ1v) is 11.2. The Kier molecular flexibility index (Phi) is 6.53. The van der Waals surface area contributed by atoms with Crippen LogP contribution in [0.3, 0.4) is 0 Å². The van der Waals surface area contributed by atoms with Crippen LogP contribution in [0.5, 0.6) is 5.75 Å². The first-order chi connectivity index (χ1) is 16.1. The van der Waals surface area contributed by atoms with Crippen LogP contribution in [0.4, 0.5) is 18.0 Å². The van der Waals surface area contributed by atoms with Gasteiger partial charge in [-0.1, -0.05) is 17.7 Å². The van der Waals surface area contributed by atoms with Crippen molar-refractivity contribution in [3.8, 4) is 5.75 Å². The lowest BCUT2D eigenvalue weighted by atomic mass is 9.91. The molecule has 0 saturated heterocycles. The molecule has 1 heterocycles. The van der Waals surface area contributed by atoms with E-state index in [1.807, 2.05) is 0 Å². The van der Waals surface area contributed by atoms with E-state index in [9.17, 15) is 22.8 Å². The molecule has 2 aromatic carbocycles. The van der Waals surface area contributed by atoms with Gasteiger partial charge in [-0.25, -0.2) is 9.59 Å². The van der Waals surface area contributed by atoms with Crippen LogP contribution in [0.25, 0.3) is 11.0 Å². The second-order valence-electron chi connectivity index (χ2n) is 8.42. The second-order valence-corrected chi connectivity index (χ2v) is 8.83. The molecule has 182 valence electrons. The van der Waals surface area contributed by atoms with Gasteiger partial charge in [0, 0.05) is 12.1 Å². The molecule has 4 rings (SSSR count). The number of ether oxygens (including phenoxy) is 1. The topological polar surface area (TPSA) is 91.3 Å². The zero-order valence-electron chi connectivity index (χ0n) is 18.4. The number of rotatable bonds is 5. The number of methoxy groups -OCH3 is 1. The Balaban J connectivity index is 1.76. The van der Waals surface area contributed by atoms with Gasteiger partial charge in [0.1, 0.15) is 5.75 Å². The number of aromatic nitrogens is 2. The molecule has 1 fully saturated rings. The smallest absolute Gasteiger partial charge is 0.416 e. The summed E-state index contributed by atoms with van der Waals surface area (Å²) < 4.78 is 48.4. The predicted molar refractivity (Wildman–Crippen MR) is 122 cm³/mol. The van der Waals surface area contributed by atoms with Crippen LogP contribution in [0, 0.1) is 0 Å². The summed E-state index contributed by atoms with van der Waals surface area (Å²) in [5.41, 5.74) is 5.27. The number of nitrogens with zero attached hydrogens (tertiary/aromatic N) is 2. The van der Waals surface area contributed by atoms with E-state index < -0.39 is 23.5 Å². The van der Waals surface area contributed by atoms with E-state index in [0.717, 1.165) is 12.1 Å². The summed E-state index contributed by atoms with van der Waals surface area (Å²) in [6.45, 7) is 0.0476. The minimum absolute atomic E-state index is 0.0476. The van der Waals surface area contributed by atoms with Gasteiger partial charge in [-0.2, -0.15) is 13.2 Å². The third-order valence-corrected chi connectivity index (χ3v) is 6.55. The lowest BCUT2D eigenvalue weighted by Crippen LogP contribution is -2.41. The van der Waals surface area contributed by atoms with E-state index in [1.165, 1.54) is 17.7 Å². The maximum Gasteiger partial charge on any atom is 0.416 e. The van der Waals surface area contributed by atoms with Gasteiger partial charge in [-0.15, -0.1) is 0 Å². The van der Waals surface area contributed by atoms with E-state index in [0.29, 0.717) is 47.5 Å². The van der Waals surface area contributed by atoms with Crippen molar-refractivity contribution in [1.29, 1.82) is 0 Å². The zero-order chi connectivity index (χ0) is 24.6. The summed E-state index contributed by atoms with van der Waals surface area (Å²) in [5.74, 6) is 0.459. The zero-order valence-corrected chi connectivity index (χ0v) is 19.1. The van der Waals surface area contributed by atoms with Gasteiger partial charge in [0.15, 0.2) is 0 Å². The molecular formula is C23H24ClF3N4O3. The van der Waals surface area contributed by atoms with Crippen LogP contribution in [0.2, 0.25) is 5.02 Å². The molecule has 11 heteroatoms. The summed E-state index contributed by atoms with van der Waals surface area (Å²) in [6, 6.07) is 7.45. The molecule has 1 aromatic heterocycles. The molecule has 0 atom stereocenters. The number of carbonyl (C=O) groups is 1. The Bertz CT molecular complexity index is 1280. The molecule has 0 aliphatic heterocycles. The fourth-order valence-electron chi connectivity index (χ4n) is 4.63. The number of hydrogen-bond donors (Lipinski definition) is 2. The van der Waals surface area contributed by atoms with Gasteiger partial charge >= 0.3 is 17.9 Å². The molecule has 1 aliphatic carbocycles. The van der Waals surface area contributed by atoms with Crippen LogP contribution in [0.1, 0.15) is 42.9 Å². The maximum atomic E-state index is 13.5. The van der Waals surface area contributed by atoms with Crippen molar-refractivity contribution in [1.82, 2.24) is 14.5 Å². The highest BCUT2D eigenvalue weighted by molar-refractivity contribution is 6.32. The molecule has 7 nitrogen and oxygen atoms in total. The third kappa shape index (κ3) is 4.72. The van der Waals surface area contributed by atoms with Crippen molar-refractivity contribution in [3.05, 3.63) is 63.0 Å². The molecule has 2 amide bonds. The molecule has 1 aliphatic rings. The second kappa shape index (κ2) is 9.25. The molecule has 0 spiro atoms. The lowest BCUT2D eigenvalue weighted by molar-refractivity contribution is -0.137. The predicted octanol–water partition coefficient (Wildman–Crippen LogP) is 4.68. The van der Waals surface area contributed by atoms with Crippen molar-refractivity contribution in [3.63, 3.8) is 0 Å². The van der Waals surface area contributed by atoms with Gasteiger partial charge in [-0.3, -0.25) is 9.13 Å². The normalized spacial score (nSPS) is 18.7. The standard InChI is InChI=1S/C23H24ClF3N4O3/c1-34-20-9-2-13(10-17(20)24)12-30-19-11-14(23(25,26)27)3-8-18(19)31(22(30)33)16-6-4-15(5-7-16)29-21(28)32/h2-3,8-11,15-16H,4-7,12H2,1H3,(H3,28,29,32). The molecule has 3 aromatic rings. The molecule has 1 saturated carbocycles. The Morgan fingerprint density at radius 3 is 2.44 bits per heavy atom. The van der Waals surface area contributed by atoms with Crippen molar-refractivity contribution >= 4 is 28.7 Å². The van der Waals surface area contributed by atoms with Crippen LogP contribution < -0.4 is 21.5 Å². The summed E-state index contributed by atoms with van der Waals surface area (Å²) >= 11 is 6.21. The number of halogens is 4. The van der Waals surface area contributed by atoms with Crippen LogP contribution >= 0.6 is 11.6 Å².